The van der Waals surface area contributed by atoms with Gasteiger partial charge in [-0.15, -0.1) is 0 Å². The average Bonchev–Trinajstić information content (AvgIpc) is 2.64. The van der Waals surface area contributed by atoms with Gasteiger partial charge in [-0.3, -0.25) is 9.89 Å². The van der Waals surface area contributed by atoms with E-state index in [0.29, 0.717) is 5.69 Å². The van der Waals surface area contributed by atoms with Crippen LogP contribution in [0.25, 0.3) is 0 Å². The molecule has 18 heavy (non-hydrogen) atoms. The third-order valence-electron chi connectivity index (χ3n) is 2.64. The number of aliphatic carboxylic acids is 1. The van der Waals surface area contributed by atoms with E-state index in [1.165, 1.54) is 10.5 Å². The van der Waals surface area contributed by atoms with Gasteiger partial charge in [-0.25, -0.2) is 8.42 Å². The molecule has 0 fully saturated rings. The molecule has 1 aromatic heterocycles. The second kappa shape index (κ2) is 5.49. The molecule has 0 aliphatic rings. The summed E-state index contributed by atoms with van der Waals surface area (Å²) < 4.78 is 25.8. The molecule has 0 saturated carbocycles. The van der Waals surface area contributed by atoms with E-state index in [0.717, 1.165) is 0 Å². The van der Waals surface area contributed by atoms with Crippen LogP contribution < -0.4 is 0 Å². The molecular formula is C10H17N3O4S. The number of hydrogen-bond donors (Lipinski definition) is 2. The first-order chi connectivity index (χ1) is 8.30. The lowest BCUT2D eigenvalue weighted by atomic mass is 10.2. The fraction of sp³-hybridized carbons (Fsp3) is 0.600. The summed E-state index contributed by atoms with van der Waals surface area (Å²) in [6, 6.07) is -0.605. The summed E-state index contributed by atoms with van der Waals surface area (Å²) in [5, 5.41) is 15.0. The summed E-state index contributed by atoms with van der Waals surface area (Å²) in [5.74, 6) is -1.03. The van der Waals surface area contributed by atoms with Crippen molar-refractivity contribution in [3.05, 3.63) is 11.9 Å². The zero-order chi connectivity index (χ0) is 13.9. The van der Waals surface area contributed by atoms with Crippen molar-refractivity contribution in [2.75, 3.05) is 6.54 Å². The Kier molecular flexibility index (Phi) is 4.47. The van der Waals surface area contributed by atoms with Gasteiger partial charge in [-0.1, -0.05) is 6.92 Å². The Bertz CT molecular complexity index is 523. The van der Waals surface area contributed by atoms with Crippen molar-refractivity contribution in [3.63, 3.8) is 0 Å². The van der Waals surface area contributed by atoms with E-state index in [2.05, 4.69) is 10.2 Å². The molecule has 0 aliphatic carbocycles. The number of nitrogens with one attached hydrogen (secondary N) is 1. The van der Waals surface area contributed by atoms with Crippen molar-refractivity contribution >= 4 is 16.0 Å². The van der Waals surface area contributed by atoms with Crippen LogP contribution in [-0.4, -0.2) is 46.6 Å². The highest BCUT2D eigenvalue weighted by Gasteiger charge is 2.30. The van der Waals surface area contributed by atoms with Crippen LogP contribution in [0.3, 0.4) is 0 Å². The molecule has 1 rings (SSSR count). The highest BCUT2D eigenvalue weighted by molar-refractivity contribution is 7.89. The van der Waals surface area contributed by atoms with Gasteiger partial charge in [-0.2, -0.15) is 9.40 Å². The minimum Gasteiger partial charge on any atom is -0.481 e. The zero-order valence-electron chi connectivity index (χ0n) is 10.5. The Balaban J connectivity index is 3.09. The number of rotatable bonds is 6. The van der Waals surface area contributed by atoms with Crippen LogP contribution in [0, 0.1) is 6.92 Å². The van der Waals surface area contributed by atoms with Gasteiger partial charge in [0.2, 0.25) is 10.0 Å². The molecule has 1 heterocycles. The quantitative estimate of drug-likeness (QED) is 0.791. The van der Waals surface area contributed by atoms with Gasteiger partial charge in [0.25, 0.3) is 0 Å². The van der Waals surface area contributed by atoms with Gasteiger partial charge >= 0.3 is 5.97 Å². The van der Waals surface area contributed by atoms with E-state index < -0.39 is 22.0 Å². The molecule has 1 atom stereocenters. The first-order valence-corrected chi connectivity index (χ1v) is 6.98. The molecule has 8 heteroatoms. The van der Waals surface area contributed by atoms with Crippen molar-refractivity contribution in [1.82, 2.24) is 14.5 Å². The minimum atomic E-state index is -3.71. The number of carboxylic acid groups (broad SMARTS) is 1. The molecule has 1 unspecified atom stereocenters. The summed E-state index contributed by atoms with van der Waals surface area (Å²) in [6.45, 7) is 5.06. The normalized spacial score (nSPS) is 13.8. The molecule has 1 aromatic rings. The van der Waals surface area contributed by atoms with E-state index in [1.807, 2.05) is 0 Å². The van der Waals surface area contributed by atoms with E-state index in [-0.39, 0.29) is 17.9 Å². The van der Waals surface area contributed by atoms with E-state index in [4.69, 9.17) is 5.11 Å². The maximum Gasteiger partial charge on any atom is 0.304 e. The maximum absolute atomic E-state index is 12.3. The first-order valence-electron chi connectivity index (χ1n) is 5.54. The van der Waals surface area contributed by atoms with Crippen LogP contribution >= 0.6 is 0 Å². The third kappa shape index (κ3) is 2.88. The van der Waals surface area contributed by atoms with Gasteiger partial charge in [-0.05, 0) is 13.8 Å². The molecule has 102 valence electrons. The molecule has 0 bridgehead atoms. The number of sulfonamides is 1. The van der Waals surface area contributed by atoms with Crippen molar-refractivity contribution < 1.29 is 18.3 Å². The lowest BCUT2D eigenvalue weighted by Crippen LogP contribution is -2.39. The molecule has 0 spiro atoms. The number of aryl methyl sites for hydroxylation is 1. The van der Waals surface area contributed by atoms with Crippen LogP contribution in [0.5, 0.6) is 0 Å². The molecule has 0 amide bonds. The van der Waals surface area contributed by atoms with Gasteiger partial charge < -0.3 is 5.11 Å². The highest BCUT2D eigenvalue weighted by atomic mass is 32.2. The fourth-order valence-corrected chi connectivity index (χ4v) is 3.56. The topological polar surface area (TPSA) is 103 Å². The van der Waals surface area contributed by atoms with Gasteiger partial charge in [0.1, 0.15) is 4.90 Å². The van der Waals surface area contributed by atoms with E-state index >= 15 is 0 Å². The summed E-state index contributed by atoms with van der Waals surface area (Å²) in [6.07, 6.45) is 1.00. The van der Waals surface area contributed by atoms with Crippen LogP contribution in [0.2, 0.25) is 0 Å². The predicted octanol–water partition coefficient (Wildman–Crippen LogP) is 0.592. The summed E-state index contributed by atoms with van der Waals surface area (Å²) in [5.41, 5.74) is 0.441. The van der Waals surface area contributed by atoms with Crippen molar-refractivity contribution in [1.29, 1.82) is 0 Å². The molecule has 7 nitrogen and oxygen atoms in total. The standard InChI is InChI=1S/C10H17N3O4S/c1-4-13(7(2)5-10(14)15)18(16,17)9-6-11-12-8(9)3/h6-7H,4-5H2,1-3H3,(H,11,12)(H,14,15). The van der Waals surface area contributed by atoms with Crippen LogP contribution in [0.4, 0.5) is 0 Å². The number of aromatic nitrogens is 2. The monoisotopic (exact) mass is 275 g/mol. The second-order valence-corrected chi connectivity index (χ2v) is 5.87. The van der Waals surface area contributed by atoms with Gasteiger partial charge in [0.05, 0.1) is 18.3 Å². The largest absolute Gasteiger partial charge is 0.481 e. The van der Waals surface area contributed by atoms with Crippen LogP contribution in [0.1, 0.15) is 26.0 Å². The Morgan fingerprint density at radius 3 is 2.61 bits per heavy atom. The Hall–Kier alpha value is -1.41. The summed E-state index contributed by atoms with van der Waals surface area (Å²) in [4.78, 5) is 10.8. The van der Waals surface area contributed by atoms with Crippen LogP contribution in [-0.2, 0) is 14.8 Å². The molecule has 0 aromatic carbocycles. The predicted molar refractivity (Wildman–Crippen MR) is 64.6 cm³/mol. The van der Waals surface area contributed by atoms with Gasteiger partial charge in [0.15, 0.2) is 0 Å². The number of nitrogens with zero attached hydrogens (tertiary/aromatic N) is 2. The highest BCUT2D eigenvalue weighted by Crippen LogP contribution is 2.20. The maximum atomic E-state index is 12.3. The number of H-pyrrole nitrogens is 1. The molecule has 0 radical (unpaired) electrons. The average molecular weight is 275 g/mol. The first kappa shape index (κ1) is 14.7. The van der Waals surface area contributed by atoms with Crippen molar-refractivity contribution in [3.8, 4) is 0 Å². The second-order valence-electron chi connectivity index (χ2n) is 4.01. The van der Waals surface area contributed by atoms with Gasteiger partial charge in [0, 0.05) is 12.6 Å². The number of hydrogen-bond acceptors (Lipinski definition) is 4. The minimum absolute atomic E-state index is 0.0848. The van der Waals surface area contributed by atoms with Crippen molar-refractivity contribution in [2.24, 2.45) is 0 Å². The van der Waals surface area contributed by atoms with Crippen LogP contribution in [0.15, 0.2) is 11.1 Å². The fourth-order valence-electron chi connectivity index (χ4n) is 1.80. The molecule has 2 N–H and O–H groups in total. The zero-order valence-corrected chi connectivity index (χ0v) is 11.4. The summed E-state index contributed by atoms with van der Waals surface area (Å²) >= 11 is 0. The SMILES string of the molecule is CCN(C(C)CC(=O)O)S(=O)(=O)c1cn[nH]c1C. The molecule has 0 saturated heterocycles. The van der Waals surface area contributed by atoms with E-state index in [1.54, 1.807) is 20.8 Å². The number of aromatic amines is 1. The Labute approximate surface area is 106 Å². The third-order valence-corrected chi connectivity index (χ3v) is 4.85. The summed E-state index contributed by atoms with van der Waals surface area (Å²) in [7, 11) is -3.71. The molecule has 0 aliphatic heterocycles. The number of carbonyl (C=O) groups is 1. The lowest BCUT2D eigenvalue weighted by Gasteiger charge is -2.25. The number of carboxylic acids is 1. The van der Waals surface area contributed by atoms with Crippen molar-refractivity contribution in [2.45, 2.75) is 38.1 Å². The lowest BCUT2D eigenvalue weighted by molar-refractivity contribution is -0.137. The smallest absolute Gasteiger partial charge is 0.304 e. The van der Waals surface area contributed by atoms with E-state index in [9.17, 15) is 13.2 Å². The molecular weight excluding hydrogens is 258 g/mol. The Morgan fingerprint density at radius 2 is 2.22 bits per heavy atom. The Morgan fingerprint density at radius 1 is 1.61 bits per heavy atom.